The second kappa shape index (κ2) is 13.3. The van der Waals surface area contributed by atoms with Gasteiger partial charge in [-0.1, -0.05) is 58.8 Å². The standard InChI is InChI=1S/C34H31BrN2O7S/c1-4-6-25-30(33(39)41-5-2)31(24-17-22(35)10-14-26(24)40-3)37-32(38)29(45-34(37)36-25)16-20-7-11-23(12-8-20)42-18-21-9-13-27-28(15-21)44-19-43-27/h7-17,31H,4-6,18-19H2,1-3H3/b29-16+/t31-/m0/s1. The fraction of sp³-hybridized carbons (Fsp3) is 0.265. The van der Waals surface area contributed by atoms with Gasteiger partial charge in [-0.25, -0.2) is 9.79 Å². The molecule has 11 heteroatoms. The second-order valence-electron chi connectivity index (χ2n) is 10.3. The summed E-state index contributed by atoms with van der Waals surface area (Å²) >= 11 is 4.84. The molecular formula is C34H31BrN2O7S. The lowest BCUT2D eigenvalue weighted by molar-refractivity contribution is -0.139. The summed E-state index contributed by atoms with van der Waals surface area (Å²) in [5, 5.41) is 0. The summed E-state index contributed by atoms with van der Waals surface area (Å²) in [7, 11) is 1.57. The molecule has 6 rings (SSSR count). The van der Waals surface area contributed by atoms with Crippen LogP contribution in [0.2, 0.25) is 0 Å². The minimum atomic E-state index is -0.775. The van der Waals surface area contributed by atoms with Gasteiger partial charge in [-0.15, -0.1) is 0 Å². The quantitative estimate of drug-likeness (QED) is 0.198. The van der Waals surface area contributed by atoms with Crippen LogP contribution in [0, 0.1) is 0 Å². The summed E-state index contributed by atoms with van der Waals surface area (Å²) < 4.78 is 30.9. The normalized spacial score (nSPS) is 15.5. The number of carbonyl (C=O) groups excluding carboxylic acids is 1. The maximum absolute atomic E-state index is 14.1. The second-order valence-corrected chi connectivity index (χ2v) is 12.3. The Morgan fingerprint density at radius 2 is 1.89 bits per heavy atom. The van der Waals surface area contributed by atoms with Crippen LogP contribution in [0.4, 0.5) is 0 Å². The number of benzene rings is 3. The van der Waals surface area contributed by atoms with E-state index in [1.807, 2.05) is 73.7 Å². The number of allylic oxidation sites excluding steroid dienone is 1. The highest BCUT2D eigenvalue weighted by Gasteiger charge is 2.36. The lowest BCUT2D eigenvalue weighted by Gasteiger charge is -2.27. The van der Waals surface area contributed by atoms with Gasteiger partial charge in [0.1, 0.15) is 24.1 Å². The summed E-state index contributed by atoms with van der Waals surface area (Å²) in [6.07, 6.45) is 3.15. The van der Waals surface area contributed by atoms with E-state index < -0.39 is 12.0 Å². The number of ether oxygens (including phenoxy) is 5. The molecular weight excluding hydrogens is 660 g/mol. The minimum Gasteiger partial charge on any atom is -0.496 e. The van der Waals surface area contributed by atoms with Crippen LogP contribution in [0.15, 0.2) is 86.2 Å². The zero-order valence-corrected chi connectivity index (χ0v) is 27.4. The zero-order chi connectivity index (χ0) is 31.5. The smallest absolute Gasteiger partial charge is 0.338 e. The van der Waals surface area contributed by atoms with Crippen molar-refractivity contribution in [1.29, 1.82) is 0 Å². The Bertz CT molecular complexity index is 1960. The number of fused-ring (bicyclic) bond motifs is 2. The summed E-state index contributed by atoms with van der Waals surface area (Å²) in [4.78, 5) is 32.9. The van der Waals surface area contributed by atoms with Crippen molar-refractivity contribution < 1.29 is 28.5 Å². The van der Waals surface area contributed by atoms with Crippen molar-refractivity contribution >= 4 is 39.3 Å². The number of esters is 1. The van der Waals surface area contributed by atoms with Crippen molar-refractivity contribution in [2.75, 3.05) is 20.5 Å². The van der Waals surface area contributed by atoms with Gasteiger partial charge in [0.25, 0.3) is 5.56 Å². The highest BCUT2D eigenvalue weighted by Crippen LogP contribution is 2.38. The fourth-order valence-electron chi connectivity index (χ4n) is 5.34. The number of halogens is 1. The maximum Gasteiger partial charge on any atom is 0.338 e. The molecule has 0 spiro atoms. The van der Waals surface area contributed by atoms with Gasteiger partial charge in [-0.3, -0.25) is 9.36 Å². The Morgan fingerprint density at radius 3 is 2.64 bits per heavy atom. The number of thiazole rings is 1. The molecule has 0 saturated carbocycles. The molecule has 232 valence electrons. The number of rotatable bonds is 10. The van der Waals surface area contributed by atoms with Gasteiger partial charge in [-0.2, -0.15) is 0 Å². The van der Waals surface area contributed by atoms with Crippen molar-refractivity contribution in [3.05, 3.63) is 113 Å². The van der Waals surface area contributed by atoms with Crippen molar-refractivity contribution in [1.82, 2.24) is 4.57 Å². The molecule has 0 radical (unpaired) electrons. The minimum absolute atomic E-state index is 0.199. The van der Waals surface area contributed by atoms with E-state index in [0.29, 0.717) is 56.4 Å². The van der Waals surface area contributed by atoms with Crippen LogP contribution in [0.1, 0.15) is 49.4 Å². The first kappa shape index (κ1) is 30.7. The van der Waals surface area contributed by atoms with Crippen LogP contribution in [-0.2, 0) is 16.1 Å². The first-order valence-corrected chi connectivity index (χ1v) is 16.2. The summed E-state index contributed by atoms with van der Waals surface area (Å²) in [6.45, 7) is 4.58. The predicted molar refractivity (Wildman–Crippen MR) is 174 cm³/mol. The van der Waals surface area contributed by atoms with E-state index in [0.717, 1.165) is 27.8 Å². The van der Waals surface area contributed by atoms with E-state index in [-0.39, 0.29) is 19.0 Å². The predicted octanol–water partition coefficient (Wildman–Crippen LogP) is 5.66. The Hall–Kier alpha value is -4.35. The van der Waals surface area contributed by atoms with Gasteiger partial charge in [0.05, 0.1) is 29.5 Å². The van der Waals surface area contributed by atoms with E-state index in [4.69, 9.17) is 28.7 Å². The average Bonchev–Trinajstić information content (AvgIpc) is 3.63. The lowest BCUT2D eigenvalue weighted by atomic mass is 9.93. The number of methoxy groups -OCH3 is 1. The topological polar surface area (TPSA) is 97.6 Å². The first-order chi connectivity index (χ1) is 21.9. The van der Waals surface area contributed by atoms with Crippen molar-refractivity contribution in [3.8, 4) is 23.0 Å². The lowest BCUT2D eigenvalue weighted by Crippen LogP contribution is -2.40. The third-order valence-electron chi connectivity index (χ3n) is 7.40. The number of aromatic nitrogens is 1. The molecule has 3 heterocycles. The van der Waals surface area contributed by atoms with E-state index in [9.17, 15) is 9.59 Å². The van der Waals surface area contributed by atoms with Crippen LogP contribution in [-0.4, -0.2) is 31.0 Å². The molecule has 4 aromatic rings. The van der Waals surface area contributed by atoms with Crippen molar-refractivity contribution in [2.45, 2.75) is 39.3 Å². The molecule has 0 saturated heterocycles. The van der Waals surface area contributed by atoms with E-state index >= 15 is 0 Å². The molecule has 45 heavy (non-hydrogen) atoms. The Balaban J connectivity index is 1.36. The van der Waals surface area contributed by atoms with Gasteiger partial charge in [0.2, 0.25) is 6.79 Å². The van der Waals surface area contributed by atoms with Gasteiger partial charge in [0, 0.05) is 10.0 Å². The first-order valence-electron chi connectivity index (χ1n) is 14.6. The Kier molecular flexibility index (Phi) is 9.09. The molecule has 2 aliphatic heterocycles. The van der Waals surface area contributed by atoms with Crippen LogP contribution in [0.25, 0.3) is 6.08 Å². The van der Waals surface area contributed by atoms with E-state index in [1.165, 1.54) is 11.3 Å². The molecule has 2 aliphatic rings. The Labute approximate surface area is 272 Å². The van der Waals surface area contributed by atoms with Crippen LogP contribution >= 0.6 is 27.3 Å². The molecule has 3 aromatic carbocycles. The van der Waals surface area contributed by atoms with Crippen molar-refractivity contribution in [2.24, 2.45) is 4.99 Å². The van der Waals surface area contributed by atoms with Gasteiger partial charge in [0.15, 0.2) is 16.3 Å². The molecule has 0 bridgehead atoms. The molecule has 0 N–H and O–H groups in total. The number of carbonyl (C=O) groups is 1. The third kappa shape index (κ3) is 6.27. The SMILES string of the molecule is CCCC1=C(C(=O)OCC)[C@H](c2cc(Br)ccc2OC)n2c(s/c(=C/c3ccc(OCc4ccc5c(c4)OCO5)cc3)c2=O)=N1. The molecule has 0 fully saturated rings. The van der Waals surface area contributed by atoms with Crippen LogP contribution in [0.5, 0.6) is 23.0 Å². The molecule has 9 nitrogen and oxygen atoms in total. The molecule has 1 aromatic heterocycles. The summed E-state index contributed by atoms with van der Waals surface area (Å²) in [5.41, 5.74) is 3.15. The van der Waals surface area contributed by atoms with Gasteiger partial charge in [-0.05, 0) is 73.0 Å². The molecule has 0 aliphatic carbocycles. The molecule has 0 amide bonds. The third-order valence-corrected chi connectivity index (χ3v) is 8.88. The largest absolute Gasteiger partial charge is 0.496 e. The Morgan fingerprint density at radius 1 is 1.09 bits per heavy atom. The van der Waals surface area contributed by atoms with Crippen LogP contribution < -0.4 is 33.8 Å². The highest BCUT2D eigenvalue weighted by atomic mass is 79.9. The van der Waals surface area contributed by atoms with E-state index in [1.54, 1.807) is 18.6 Å². The van der Waals surface area contributed by atoms with Gasteiger partial charge < -0.3 is 23.7 Å². The summed E-state index contributed by atoms with van der Waals surface area (Å²) in [6, 6.07) is 18.0. The monoisotopic (exact) mass is 690 g/mol. The number of nitrogens with zero attached hydrogens (tertiary/aromatic N) is 2. The van der Waals surface area contributed by atoms with Gasteiger partial charge >= 0.3 is 5.97 Å². The number of hydrogen-bond donors (Lipinski definition) is 0. The highest BCUT2D eigenvalue weighted by molar-refractivity contribution is 9.10. The zero-order valence-electron chi connectivity index (χ0n) is 25.0. The average molecular weight is 692 g/mol. The maximum atomic E-state index is 14.1. The van der Waals surface area contributed by atoms with Crippen molar-refractivity contribution in [3.63, 3.8) is 0 Å². The molecule has 0 unspecified atom stereocenters. The summed E-state index contributed by atoms with van der Waals surface area (Å²) in [5.74, 6) is 2.19. The molecule has 1 atom stereocenters. The fourth-order valence-corrected chi connectivity index (χ4v) is 6.74. The van der Waals surface area contributed by atoms with Crippen LogP contribution in [0.3, 0.4) is 0 Å². The number of hydrogen-bond acceptors (Lipinski definition) is 9. The van der Waals surface area contributed by atoms with E-state index in [2.05, 4.69) is 15.9 Å².